The number of aromatic hydroxyl groups is 1. The maximum atomic E-state index is 11.5. The highest BCUT2D eigenvalue weighted by molar-refractivity contribution is 5.88. The Bertz CT molecular complexity index is 765. The fraction of sp³-hybridized carbons (Fsp3) is 0.267. The number of phenols is 1. The molecule has 0 saturated carbocycles. The molecule has 1 aromatic carbocycles. The van der Waals surface area contributed by atoms with Crippen molar-refractivity contribution in [2.45, 2.75) is 25.3 Å². The number of aromatic carboxylic acids is 1. The number of fused-ring (bicyclic) bond motifs is 1. The van der Waals surface area contributed by atoms with Crippen LogP contribution in [0.15, 0.2) is 24.3 Å². The SMILES string of the molecule is O=C(O)c1nc(-c2cccc(O)c2)n2c1CCCC2C(=O)O. The highest BCUT2D eigenvalue weighted by Crippen LogP contribution is 2.34. The molecule has 2 aromatic rings. The van der Waals surface area contributed by atoms with Crippen LogP contribution in [0.2, 0.25) is 0 Å². The van der Waals surface area contributed by atoms with Crippen molar-refractivity contribution in [3.63, 3.8) is 0 Å². The van der Waals surface area contributed by atoms with Gasteiger partial charge >= 0.3 is 11.9 Å². The average Bonchev–Trinajstić information content (AvgIpc) is 2.86. The van der Waals surface area contributed by atoms with Crippen molar-refractivity contribution in [2.24, 2.45) is 0 Å². The van der Waals surface area contributed by atoms with Gasteiger partial charge in [-0.15, -0.1) is 0 Å². The molecule has 3 N–H and O–H groups in total. The van der Waals surface area contributed by atoms with E-state index >= 15 is 0 Å². The third-order valence-electron chi connectivity index (χ3n) is 3.80. The normalized spacial score (nSPS) is 17.0. The Balaban J connectivity index is 2.26. The maximum Gasteiger partial charge on any atom is 0.356 e. The van der Waals surface area contributed by atoms with Crippen molar-refractivity contribution in [3.05, 3.63) is 35.7 Å². The van der Waals surface area contributed by atoms with Gasteiger partial charge in [-0.2, -0.15) is 0 Å². The lowest BCUT2D eigenvalue weighted by atomic mass is 10.0. The van der Waals surface area contributed by atoms with Crippen molar-refractivity contribution in [1.29, 1.82) is 0 Å². The number of carbonyl (C=O) groups is 2. The van der Waals surface area contributed by atoms with Crippen LogP contribution in [0.1, 0.15) is 35.1 Å². The fourth-order valence-corrected chi connectivity index (χ4v) is 2.89. The quantitative estimate of drug-likeness (QED) is 0.798. The Labute approximate surface area is 125 Å². The van der Waals surface area contributed by atoms with E-state index in [1.165, 1.54) is 16.7 Å². The zero-order valence-electron chi connectivity index (χ0n) is 11.6. The maximum absolute atomic E-state index is 11.5. The molecule has 0 aliphatic carbocycles. The summed E-state index contributed by atoms with van der Waals surface area (Å²) in [5.74, 6) is -1.93. The van der Waals surface area contributed by atoms with Gasteiger partial charge in [0.25, 0.3) is 0 Å². The minimum atomic E-state index is -1.18. The second-order valence-corrected chi connectivity index (χ2v) is 5.20. The topological polar surface area (TPSA) is 113 Å². The van der Waals surface area contributed by atoms with E-state index in [1.54, 1.807) is 12.1 Å². The number of rotatable bonds is 3. The van der Waals surface area contributed by atoms with E-state index in [0.29, 0.717) is 30.5 Å². The van der Waals surface area contributed by atoms with E-state index in [0.717, 1.165) is 0 Å². The van der Waals surface area contributed by atoms with Crippen molar-refractivity contribution >= 4 is 11.9 Å². The summed E-state index contributed by atoms with van der Waals surface area (Å²) in [5.41, 5.74) is 0.788. The monoisotopic (exact) mass is 302 g/mol. The number of benzene rings is 1. The molecule has 0 radical (unpaired) electrons. The van der Waals surface area contributed by atoms with Crippen LogP contribution in [0.3, 0.4) is 0 Å². The second kappa shape index (κ2) is 5.18. The minimum Gasteiger partial charge on any atom is -0.508 e. The van der Waals surface area contributed by atoms with Gasteiger partial charge in [-0.3, -0.25) is 0 Å². The zero-order chi connectivity index (χ0) is 15.9. The third kappa shape index (κ3) is 2.20. The van der Waals surface area contributed by atoms with Crippen LogP contribution in [-0.2, 0) is 11.2 Å². The molecule has 1 aliphatic heterocycles. The number of nitrogens with zero attached hydrogens (tertiary/aromatic N) is 2. The van der Waals surface area contributed by atoms with E-state index in [-0.39, 0.29) is 17.3 Å². The van der Waals surface area contributed by atoms with Crippen LogP contribution >= 0.6 is 0 Å². The Morgan fingerprint density at radius 2 is 2.05 bits per heavy atom. The van der Waals surface area contributed by atoms with Crippen LogP contribution in [0, 0.1) is 0 Å². The number of aromatic nitrogens is 2. The number of aliphatic carboxylic acids is 1. The van der Waals surface area contributed by atoms with E-state index in [4.69, 9.17) is 0 Å². The van der Waals surface area contributed by atoms with E-state index in [1.807, 2.05) is 0 Å². The first-order chi connectivity index (χ1) is 10.5. The molecule has 0 fully saturated rings. The molecule has 7 heteroatoms. The van der Waals surface area contributed by atoms with Gasteiger partial charge < -0.3 is 19.9 Å². The number of carboxylic acid groups (broad SMARTS) is 2. The summed E-state index contributed by atoms with van der Waals surface area (Å²) in [7, 11) is 0. The average molecular weight is 302 g/mol. The number of hydrogen-bond acceptors (Lipinski definition) is 4. The minimum absolute atomic E-state index is 0.00871. The Hall–Kier alpha value is -2.83. The number of phenolic OH excluding ortho intramolecular Hbond substituents is 1. The third-order valence-corrected chi connectivity index (χ3v) is 3.80. The standard InChI is InChI=1S/C15H14N2O5/c18-9-4-1-3-8(7-9)13-16-12(15(21)22)10-5-2-6-11(14(19)20)17(10)13/h1,3-4,7,11,18H,2,5-6H2,(H,19,20)(H,21,22). The molecule has 7 nitrogen and oxygen atoms in total. The highest BCUT2D eigenvalue weighted by Gasteiger charge is 2.33. The molecular weight excluding hydrogens is 288 g/mol. The van der Waals surface area contributed by atoms with Crippen molar-refractivity contribution in [3.8, 4) is 17.1 Å². The van der Waals surface area contributed by atoms with Gasteiger partial charge in [-0.1, -0.05) is 12.1 Å². The van der Waals surface area contributed by atoms with Crippen molar-refractivity contribution in [1.82, 2.24) is 9.55 Å². The van der Waals surface area contributed by atoms with Crippen molar-refractivity contribution < 1.29 is 24.9 Å². The predicted molar refractivity (Wildman–Crippen MR) is 75.9 cm³/mol. The van der Waals surface area contributed by atoms with Gasteiger partial charge in [0.1, 0.15) is 17.6 Å². The summed E-state index contributed by atoms with van der Waals surface area (Å²) in [6.07, 6.45) is 1.49. The molecule has 2 heterocycles. The van der Waals surface area contributed by atoms with Crippen LogP contribution in [-0.4, -0.2) is 36.8 Å². The van der Waals surface area contributed by atoms with E-state index in [2.05, 4.69) is 4.98 Å². The summed E-state index contributed by atoms with van der Waals surface area (Å²) in [6, 6.07) is 5.34. The summed E-state index contributed by atoms with van der Waals surface area (Å²) in [4.78, 5) is 27.0. The Morgan fingerprint density at radius 3 is 2.68 bits per heavy atom. The summed E-state index contributed by atoms with van der Waals surface area (Å²) in [6.45, 7) is 0. The van der Waals surface area contributed by atoms with E-state index in [9.17, 15) is 24.9 Å². The fourth-order valence-electron chi connectivity index (χ4n) is 2.89. The Kier molecular flexibility index (Phi) is 3.32. The lowest BCUT2D eigenvalue weighted by molar-refractivity contribution is -0.141. The zero-order valence-corrected chi connectivity index (χ0v) is 11.6. The second-order valence-electron chi connectivity index (χ2n) is 5.20. The first-order valence-corrected chi connectivity index (χ1v) is 6.85. The summed E-state index contributed by atoms with van der Waals surface area (Å²) < 4.78 is 1.48. The number of carboxylic acids is 2. The van der Waals surface area contributed by atoms with Crippen LogP contribution in [0.25, 0.3) is 11.4 Å². The first-order valence-electron chi connectivity index (χ1n) is 6.85. The molecule has 0 amide bonds. The van der Waals surface area contributed by atoms with Gasteiger partial charge in [0, 0.05) is 5.56 Å². The van der Waals surface area contributed by atoms with Gasteiger partial charge in [0.05, 0.1) is 5.69 Å². The predicted octanol–water partition coefficient (Wildman–Crippen LogP) is 1.92. The van der Waals surface area contributed by atoms with Gasteiger partial charge in [-0.25, -0.2) is 14.6 Å². The molecular formula is C15H14N2O5. The molecule has 3 rings (SSSR count). The van der Waals surface area contributed by atoms with Crippen molar-refractivity contribution in [2.75, 3.05) is 0 Å². The molecule has 0 spiro atoms. The smallest absolute Gasteiger partial charge is 0.356 e. The van der Waals surface area contributed by atoms with Gasteiger partial charge in [0.2, 0.25) is 0 Å². The molecule has 114 valence electrons. The highest BCUT2D eigenvalue weighted by atomic mass is 16.4. The van der Waals surface area contributed by atoms with Gasteiger partial charge in [0.15, 0.2) is 5.69 Å². The molecule has 1 aromatic heterocycles. The molecule has 1 atom stereocenters. The molecule has 1 aliphatic rings. The van der Waals surface area contributed by atoms with E-state index < -0.39 is 18.0 Å². The summed E-state index contributed by atoms with van der Waals surface area (Å²) >= 11 is 0. The molecule has 0 saturated heterocycles. The Morgan fingerprint density at radius 1 is 1.27 bits per heavy atom. The molecule has 1 unspecified atom stereocenters. The van der Waals surface area contributed by atoms with Crippen LogP contribution in [0.4, 0.5) is 0 Å². The largest absolute Gasteiger partial charge is 0.508 e. The lowest BCUT2D eigenvalue weighted by Gasteiger charge is -2.24. The summed E-state index contributed by atoms with van der Waals surface area (Å²) in [5, 5.41) is 28.3. The molecule has 22 heavy (non-hydrogen) atoms. The first kappa shape index (κ1) is 14.1. The molecule has 0 bridgehead atoms. The number of imidazole rings is 1. The van der Waals surface area contributed by atoms with Crippen LogP contribution < -0.4 is 0 Å². The van der Waals surface area contributed by atoms with Crippen LogP contribution in [0.5, 0.6) is 5.75 Å². The van der Waals surface area contributed by atoms with Gasteiger partial charge in [-0.05, 0) is 31.4 Å². The number of hydrogen-bond donors (Lipinski definition) is 3. The lowest BCUT2D eigenvalue weighted by Crippen LogP contribution is -2.26.